The van der Waals surface area contributed by atoms with E-state index in [0.717, 1.165) is 61.4 Å². The molecule has 2 heterocycles. The lowest BCUT2D eigenvalue weighted by Gasteiger charge is -2.45. The highest BCUT2D eigenvalue weighted by atomic mass is 32.2. The Morgan fingerprint density at radius 3 is 0.701 bits per heavy atom. The van der Waals surface area contributed by atoms with Gasteiger partial charge in [0.2, 0.25) is 0 Å². The molecule has 0 aliphatic carbocycles. The van der Waals surface area contributed by atoms with Crippen LogP contribution in [-0.2, 0) is 27.2 Å². The van der Waals surface area contributed by atoms with Gasteiger partial charge >= 0.3 is 15.2 Å². The van der Waals surface area contributed by atoms with E-state index in [1.165, 1.54) is 0 Å². The molecule has 10 rings (SSSR count). The molecule has 12 heteroatoms. The summed E-state index contributed by atoms with van der Waals surface area (Å²) in [5, 5.41) is 0. The molecule has 336 valence electrons. The quantitative estimate of drug-likeness (QED) is 0.0984. The van der Waals surface area contributed by atoms with Crippen LogP contribution in [0.1, 0.15) is 33.6 Å². The molecule has 2 fully saturated rings. The Morgan fingerprint density at radius 2 is 0.493 bits per heavy atom. The van der Waals surface area contributed by atoms with E-state index in [1.807, 2.05) is 121 Å². The summed E-state index contributed by atoms with van der Waals surface area (Å²) in [6.07, 6.45) is 0. The van der Waals surface area contributed by atoms with Crippen molar-refractivity contribution < 1.29 is 27.2 Å². The molecular formula is C55H46O6P2S4. The minimum Gasteiger partial charge on any atom is -0.307 e. The Kier molecular flexibility index (Phi) is 14.5. The molecule has 2 saturated heterocycles. The molecule has 0 unspecified atom stereocenters. The molecule has 0 N–H and O–H groups in total. The molecule has 6 nitrogen and oxygen atoms in total. The van der Waals surface area contributed by atoms with Crippen LogP contribution in [0, 0.1) is 5.41 Å². The van der Waals surface area contributed by atoms with Gasteiger partial charge in [0.05, 0.1) is 31.8 Å². The summed E-state index contributed by atoms with van der Waals surface area (Å²) in [5.41, 5.74) is 1.09. The van der Waals surface area contributed by atoms with Crippen molar-refractivity contribution in [1.82, 2.24) is 0 Å². The smallest absolute Gasteiger partial charge is 0.307 e. The molecule has 0 radical (unpaired) electrons. The Bertz CT molecular complexity index is 2560. The second-order valence-corrected chi connectivity index (χ2v) is 25.2. The fourth-order valence-electron chi connectivity index (χ4n) is 8.02. The van der Waals surface area contributed by atoms with Gasteiger partial charge < -0.3 is 18.1 Å². The summed E-state index contributed by atoms with van der Waals surface area (Å²) in [4.78, 5) is 8.79. The van der Waals surface area contributed by atoms with Crippen LogP contribution in [0.3, 0.4) is 0 Å². The highest BCUT2D eigenvalue weighted by Gasteiger charge is 2.53. The molecule has 1 spiro atoms. The first-order chi connectivity index (χ1) is 32.8. The van der Waals surface area contributed by atoms with Gasteiger partial charge in [-0.3, -0.25) is 9.13 Å². The second-order valence-electron chi connectivity index (χ2n) is 16.4. The monoisotopic (exact) mass is 992 g/mol. The molecule has 8 aromatic carbocycles. The van der Waals surface area contributed by atoms with E-state index in [9.17, 15) is 0 Å². The maximum Gasteiger partial charge on any atom is 0.342 e. The van der Waals surface area contributed by atoms with E-state index in [0.29, 0.717) is 0 Å². The summed E-state index contributed by atoms with van der Waals surface area (Å²) in [5.74, 6) is 0. The summed E-state index contributed by atoms with van der Waals surface area (Å²) < 4.78 is 56.3. The third-order valence-corrected chi connectivity index (χ3v) is 20.0. The predicted molar refractivity (Wildman–Crippen MR) is 273 cm³/mol. The molecule has 0 amide bonds. The summed E-state index contributed by atoms with van der Waals surface area (Å²) >= 11 is 6.68. The standard InChI is InChI=1S/C55H46O6P2S4/c56-62(53(41-21-29-49(30-22-41)64-45-13-5-1-6-14-45)42-23-31-50(32-24-42)65-46-15-7-2-8-16-46)58-37-55(38-59-62)39-60-63(57,61-40-55)54(43-25-33-51(34-26-43)66-47-17-9-3-10-18-47)44-27-35-52(36-28-44)67-48-19-11-4-12-20-48/h1-36,53-54H,37-40H2. The molecular weight excluding hydrogens is 947 g/mol. The van der Waals surface area contributed by atoms with Gasteiger partial charge in [0, 0.05) is 39.2 Å². The average Bonchev–Trinajstić information content (AvgIpc) is 3.37. The van der Waals surface area contributed by atoms with Crippen molar-refractivity contribution in [3.05, 3.63) is 241 Å². The highest BCUT2D eigenvalue weighted by Crippen LogP contribution is 2.70. The molecule has 67 heavy (non-hydrogen) atoms. The van der Waals surface area contributed by atoms with Crippen LogP contribution in [0.25, 0.3) is 0 Å². The zero-order valence-electron chi connectivity index (χ0n) is 36.2. The first-order valence-corrected chi connectivity index (χ1v) is 28.4. The Hall–Kier alpha value is -4.54. The van der Waals surface area contributed by atoms with Gasteiger partial charge in [-0.25, -0.2) is 0 Å². The first kappa shape index (κ1) is 46.2. The number of hydrogen-bond acceptors (Lipinski definition) is 10. The Morgan fingerprint density at radius 1 is 0.299 bits per heavy atom. The highest BCUT2D eigenvalue weighted by molar-refractivity contribution is 8.00. The van der Waals surface area contributed by atoms with Crippen molar-refractivity contribution in [2.24, 2.45) is 5.41 Å². The van der Waals surface area contributed by atoms with Crippen molar-refractivity contribution >= 4 is 62.2 Å². The van der Waals surface area contributed by atoms with Gasteiger partial charge in [-0.05, 0) is 119 Å². The summed E-state index contributed by atoms with van der Waals surface area (Å²) in [7, 11) is -7.66. The van der Waals surface area contributed by atoms with Crippen molar-refractivity contribution in [1.29, 1.82) is 0 Å². The second kappa shape index (κ2) is 21.0. The number of rotatable bonds is 14. The van der Waals surface area contributed by atoms with Crippen LogP contribution < -0.4 is 0 Å². The molecule has 2 aliphatic rings. The van der Waals surface area contributed by atoms with E-state index in [4.69, 9.17) is 18.1 Å². The van der Waals surface area contributed by atoms with Gasteiger partial charge in [0.15, 0.2) is 0 Å². The maximum absolute atomic E-state index is 15.2. The minimum atomic E-state index is -3.83. The number of benzene rings is 8. The largest absolute Gasteiger partial charge is 0.342 e. The molecule has 0 atom stereocenters. The van der Waals surface area contributed by atoms with E-state index >= 15 is 9.13 Å². The van der Waals surface area contributed by atoms with Crippen molar-refractivity contribution in [3.8, 4) is 0 Å². The van der Waals surface area contributed by atoms with Gasteiger partial charge in [-0.2, -0.15) is 0 Å². The van der Waals surface area contributed by atoms with Crippen molar-refractivity contribution in [2.45, 2.75) is 50.5 Å². The van der Waals surface area contributed by atoms with Crippen LogP contribution in [0.4, 0.5) is 0 Å². The average molecular weight is 993 g/mol. The lowest BCUT2D eigenvalue weighted by Crippen LogP contribution is -2.46. The van der Waals surface area contributed by atoms with Crippen LogP contribution in [-0.4, -0.2) is 26.4 Å². The Labute approximate surface area is 409 Å². The predicted octanol–water partition coefficient (Wildman–Crippen LogP) is 16.6. The van der Waals surface area contributed by atoms with E-state index < -0.39 is 31.9 Å². The fourth-order valence-corrected chi connectivity index (χ4v) is 16.1. The van der Waals surface area contributed by atoms with Crippen LogP contribution >= 0.6 is 62.2 Å². The molecule has 0 saturated carbocycles. The Balaban J connectivity index is 0.886. The summed E-state index contributed by atoms with van der Waals surface area (Å²) in [6.45, 7) is 0.191. The third-order valence-electron chi connectivity index (χ3n) is 11.5. The zero-order chi connectivity index (χ0) is 45.5. The summed E-state index contributed by atoms with van der Waals surface area (Å²) in [6, 6.07) is 73.5. The maximum atomic E-state index is 15.2. The fraction of sp³-hybridized carbons (Fsp3) is 0.127. The molecule has 2 aliphatic heterocycles. The first-order valence-electron chi connectivity index (χ1n) is 21.9. The topological polar surface area (TPSA) is 71.1 Å². The third kappa shape index (κ3) is 11.2. The van der Waals surface area contributed by atoms with Gasteiger partial charge in [-0.15, -0.1) is 0 Å². The normalized spacial score (nSPS) is 20.6. The van der Waals surface area contributed by atoms with E-state index in [1.54, 1.807) is 47.0 Å². The lowest BCUT2D eigenvalue weighted by atomic mass is 9.93. The van der Waals surface area contributed by atoms with E-state index in [-0.39, 0.29) is 26.4 Å². The lowest BCUT2D eigenvalue weighted by molar-refractivity contribution is -0.0703. The SMILES string of the molecule is O=P1(C(c2ccc(Sc3ccccc3)cc2)c2ccc(Sc3ccccc3)cc2)OCC2(CO1)COP(=O)(C(c1ccc(Sc3ccccc3)cc1)c1ccc(Sc3ccccc3)cc1)OC2. The van der Waals surface area contributed by atoms with Crippen LogP contribution in [0.2, 0.25) is 0 Å². The zero-order valence-corrected chi connectivity index (χ0v) is 41.3. The van der Waals surface area contributed by atoms with Crippen molar-refractivity contribution in [2.75, 3.05) is 26.4 Å². The van der Waals surface area contributed by atoms with Gasteiger partial charge in [-0.1, -0.05) is 168 Å². The van der Waals surface area contributed by atoms with Crippen LogP contribution in [0.15, 0.2) is 258 Å². The van der Waals surface area contributed by atoms with Crippen LogP contribution in [0.5, 0.6) is 0 Å². The number of hydrogen-bond donors (Lipinski definition) is 0. The molecule has 8 aromatic rings. The van der Waals surface area contributed by atoms with Crippen molar-refractivity contribution in [3.63, 3.8) is 0 Å². The van der Waals surface area contributed by atoms with Gasteiger partial charge in [0.25, 0.3) is 0 Å². The van der Waals surface area contributed by atoms with Gasteiger partial charge in [0.1, 0.15) is 11.3 Å². The molecule has 0 bridgehead atoms. The van der Waals surface area contributed by atoms with E-state index in [2.05, 4.69) is 97.1 Å². The molecule has 0 aromatic heterocycles. The minimum absolute atomic E-state index is 0.0478.